The van der Waals surface area contributed by atoms with Crippen LogP contribution in [0.1, 0.15) is 56.9 Å². The standard InChI is InChI=1S/C29H38N4O5S/c34-33(35)28-14-26(5-6-27(28)32-25-7-9-38-10-8-25)39(36,37)31-18-20-1-3-24(4-2-20)30-19-29-15-21-11-22(16-29)13-23(12-21)17-29/h1-6,14,21-23,25,30-32H,7-13,15-19H2. The minimum absolute atomic E-state index is 0.0583. The Morgan fingerprint density at radius 2 is 1.59 bits per heavy atom. The van der Waals surface area contributed by atoms with Gasteiger partial charge in [-0.2, -0.15) is 0 Å². The zero-order chi connectivity index (χ0) is 27.0. The van der Waals surface area contributed by atoms with Crippen molar-refractivity contribution in [2.24, 2.45) is 23.2 Å². The van der Waals surface area contributed by atoms with E-state index in [2.05, 4.69) is 15.4 Å². The van der Waals surface area contributed by atoms with Crippen molar-refractivity contribution < 1.29 is 18.1 Å². The number of hydrogen-bond acceptors (Lipinski definition) is 7. The Morgan fingerprint density at radius 3 is 2.21 bits per heavy atom. The van der Waals surface area contributed by atoms with Gasteiger partial charge >= 0.3 is 0 Å². The predicted molar refractivity (Wildman–Crippen MR) is 150 cm³/mol. The molecule has 39 heavy (non-hydrogen) atoms. The van der Waals surface area contributed by atoms with Crippen molar-refractivity contribution in [1.82, 2.24) is 4.72 Å². The maximum absolute atomic E-state index is 13.0. The van der Waals surface area contributed by atoms with Crippen LogP contribution < -0.4 is 15.4 Å². The average Bonchev–Trinajstić information content (AvgIpc) is 2.91. The van der Waals surface area contributed by atoms with Gasteiger partial charge in [0.1, 0.15) is 5.69 Å². The minimum Gasteiger partial charge on any atom is -0.384 e. The summed E-state index contributed by atoms with van der Waals surface area (Å²) in [6.45, 7) is 2.32. The minimum atomic E-state index is -3.93. The first kappa shape index (κ1) is 26.5. The van der Waals surface area contributed by atoms with E-state index in [9.17, 15) is 18.5 Å². The van der Waals surface area contributed by atoms with Gasteiger partial charge in [-0.15, -0.1) is 0 Å². The first-order valence-corrected chi connectivity index (χ1v) is 15.7. The van der Waals surface area contributed by atoms with Crippen molar-refractivity contribution in [3.63, 3.8) is 0 Å². The molecule has 10 heteroatoms. The van der Waals surface area contributed by atoms with Crippen LogP contribution in [0.3, 0.4) is 0 Å². The Bertz CT molecular complexity index is 1270. The van der Waals surface area contributed by atoms with Gasteiger partial charge in [-0.3, -0.25) is 10.1 Å². The van der Waals surface area contributed by atoms with Crippen LogP contribution in [0.25, 0.3) is 0 Å². The Labute approximate surface area is 230 Å². The molecule has 0 unspecified atom stereocenters. The fraction of sp³-hybridized carbons (Fsp3) is 0.586. The smallest absolute Gasteiger partial charge is 0.293 e. The molecule has 2 aromatic rings. The molecule has 5 fully saturated rings. The van der Waals surface area contributed by atoms with Crippen molar-refractivity contribution in [3.05, 3.63) is 58.1 Å². The fourth-order valence-corrected chi connectivity index (χ4v) is 8.85. The number of hydrogen-bond donors (Lipinski definition) is 3. The highest BCUT2D eigenvalue weighted by atomic mass is 32.2. The molecule has 2 aromatic carbocycles. The molecule has 7 rings (SSSR count). The number of nitro groups is 1. The second-order valence-electron chi connectivity index (χ2n) is 12.3. The number of nitrogens with one attached hydrogen (secondary N) is 3. The average molecular weight is 555 g/mol. The van der Waals surface area contributed by atoms with Gasteiger partial charge in [-0.25, -0.2) is 13.1 Å². The molecule has 0 amide bonds. The fourth-order valence-electron chi connectivity index (χ4n) is 7.81. The molecule has 0 atom stereocenters. The quantitative estimate of drug-likeness (QED) is 0.269. The van der Waals surface area contributed by atoms with Gasteiger partial charge in [-0.1, -0.05) is 12.1 Å². The van der Waals surface area contributed by atoms with Gasteiger partial charge in [0, 0.05) is 44.1 Å². The van der Waals surface area contributed by atoms with Crippen LogP contribution in [0.15, 0.2) is 47.4 Å². The van der Waals surface area contributed by atoms with Gasteiger partial charge in [0.15, 0.2) is 0 Å². The number of ether oxygens (including phenoxy) is 1. The van der Waals surface area contributed by atoms with E-state index in [0.29, 0.717) is 24.3 Å². The second-order valence-corrected chi connectivity index (χ2v) is 14.0. The molecule has 0 radical (unpaired) electrons. The van der Waals surface area contributed by atoms with Crippen LogP contribution in [0, 0.1) is 33.3 Å². The third kappa shape index (κ3) is 5.93. The van der Waals surface area contributed by atoms with E-state index in [0.717, 1.165) is 54.5 Å². The lowest BCUT2D eigenvalue weighted by atomic mass is 9.49. The molecule has 0 aromatic heterocycles. The van der Waals surface area contributed by atoms with Crippen molar-refractivity contribution in [3.8, 4) is 0 Å². The molecule has 1 heterocycles. The molecular weight excluding hydrogens is 516 g/mol. The molecule has 0 spiro atoms. The lowest BCUT2D eigenvalue weighted by molar-refractivity contribution is -0.384. The van der Waals surface area contributed by atoms with Gasteiger partial charge in [-0.05, 0) is 104 Å². The predicted octanol–water partition coefficient (Wildman–Crippen LogP) is 5.29. The van der Waals surface area contributed by atoms with Crippen LogP contribution in [0.2, 0.25) is 0 Å². The Balaban J connectivity index is 1.05. The van der Waals surface area contributed by atoms with E-state index < -0.39 is 14.9 Å². The number of nitro benzene ring substituents is 1. The molecule has 4 aliphatic carbocycles. The lowest BCUT2D eigenvalue weighted by Gasteiger charge is -2.57. The van der Waals surface area contributed by atoms with Gasteiger partial charge in [0.25, 0.3) is 5.69 Å². The van der Waals surface area contributed by atoms with E-state index >= 15 is 0 Å². The highest BCUT2D eigenvalue weighted by Gasteiger charge is 2.50. The Morgan fingerprint density at radius 1 is 0.949 bits per heavy atom. The summed E-state index contributed by atoms with van der Waals surface area (Å²) in [5.41, 5.74) is 2.40. The van der Waals surface area contributed by atoms with Crippen molar-refractivity contribution >= 4 is 27.1 Å². The SMILES string of the molecule is O=[N+]([O-])c1cc(S(=O)(=O)NCc2ccc(NCC34CC5CC(CC(C5)C3)C4)cc2)ccc1NC1CCOCC1. The van der Waals surface area contributed by atoms with Crippen LogP contribution in [0.4, 0.5) is 17.1 Å². The summed E-state index contributed by atoms with van der Waals surface area (Å²) < 4.78 is 33.9. The topological polar surface area (TPSA) is 123 Å². The van der Waals surface area contributed by atoms with E-state index in [1.165, 1.54) is 50.7 Å². The normalized spacial score (nSPS) is 28.4. The lowest BCUT2D eigenvalue weighted by Crippen LogP contribution is -2.49. The summed E-state index contributed by atoms with van der Waals surface area (Å²) in [5.74, 6) is 2.78. The molecule has 9 nitrogen and oxygen atoms in total. The number of benzene rings is 2. The molecular formula is C29H38N4O5S. The largest absolute Gasteiger partial charge is 0.384 e. The third-order valence-electron chi connectivity index (χ3n) is 9.31. The molecule has 1 saturated heterocycles. The molecule has 4 saturated carbocycles. The van der Waals surface area contributed by atoms with Crippen LogP contribution in [-0.2, 0) is 21.3 Å². The number of sulfonamides is 1. The summed E-state index contributed by atoms with van der Waals surface area (Å²) in [6.07, 6.45) is 9.88. The van der Waals surface area contributed by atoms with E-state index in [1.807, 2.05) is 24.3 Å². The zero-order valence-electron chi connectivity index (χ0n) is 22.2. The van der Waals surface area contributed by atoms with Crippen molar-refractivity contribution in [2.75, 3.05) is 30.4 Å². The summed E-state index contributed by atoms with van der Waals surface area (Å²) in [4.78, 5) is 11.0. The van der Waals surface area contributed by atoms with Crippen LogP contribution in [-0.4, -0.2) is 39.1 Å². The third-order valence-corrected chi connectivity index (χ3v) is 10.7. The van der Waals surface area contributed by atoms with Gasteiger partial charge in [0.05, 0.1) is 9.82 Å². The first-order chi connectivity index (χ1) is 18.8. The highest BCUT2D eigenvalue weighted by molar-refractivity contribution is 7.89. The first-order valence-electron chi connectivity index (χ1n) is 14.2. The summed E-state index contributed by atoms with van der Waals surface area (Å²) in [6, 6.07) is 11.9. The molecule has 5 aliphatic rings. The molecule has 3 N–H and O–H groups in total. The van der Waals surface area contributed by atoms with E-state index in [1.54, 1.807) is 0 Å². The maximum atomic E-state index is 13.0. The summed E-state index contributed by atoms with van der Waals surface area (Å²) in [7, 11) is -3.93. The van der Waals surface area contributed by atoms with Crippen molar-refractivity contribution in [1.29, 1.82) is 0 Å². The second kappa shape index (κ2) is 10.7. The van der Waals surface area contributed by atoms with Crippen molar-refractivity contribution in [2.45, 2.75) is 68.8 Å². The number of rotatable bonds is 10. The van der Waals surface area contributed by atoms with E-state index in [-0.39, 0.29) is 23.2 Å². The van der Waals surface area contributed by atoms with E-state index in [4.69, 9.17) is 4.74 Å². The van der Waals surface area contributed by atoms with Crippen LogP contribution >= 0.6 is 0 Å². The van der Waals surface area contributed by atoms with Gasteiger partial charge in [0.2, 0.25) is 10.0 Å². The summed E-state index contributed by atoms with van der Waals surface area (Å²) in [5, 5.41) is 18.5. The Kier molecular flexibility index (Phi) is 7.28. The summed E-state index contributed by atoms with van der Waals surface area (Å²) >= 11 is 0. The number of nitrogens with zero attached hydrogens (tertiary/aromatic N) is 1. The zero-order valence-corrected chi connectivity index (χ0v) is 23.0. The van der Waals surface area contributed by atoms with Gasteiger partial charge < -0.3 is 15.4 Å². The number of anilines is 2. The molecule has 210 valence electrons. The highest BCUT2D eigenvalue weighted by Crippen LogP contribution is 2.59. The monoisotopic (exact) mass is 554 g/mol. The van der Waals surface area contributed by atoms with Crippen LogP contribution in [0.5, 0.6) is 0 Å². The molecule has 4 bridgehead atoms. The molecule has 1 aliphatic heterocycles. The maximum Gasteiger partial charge on any atom is 0.293 e. The Hall–Kier alpha value is -2.69.